The van der Waals surface area contributed by atoms with Crippen LogP contribution in [0.25, 0.3) is 11.5 Å². The van der Waals surface area contributed by atoms with E-state index in [0.29, 0.717) is 5.56 Å². The lowest BCUT2D eigenvalue weighted by atomic mass is 10.1. The zero-order chi connectivity index (χ0) is 13.3. The number of halogens is 3. The fourth-order valence-electron chi connectivity index (χ4n) is 1.34. The minimum Gasteiger partial charge on any atom is -0.419 e. The molecule has 1 atom stereocenters. The van der Waals surface area contributed by atoms with Crippen molar-refractivity contribution in [3.63, 3.8) is 0 Å². The molecule has 2 N–H and O–H groups in total. The van der Waals surface area contributed by atoms with Gasteiger partial charge in [0, 0.05) is 5.56 Å². The number of nitrogens with zero attached hydrogens (tertiary/aromatic N) is 2. The van der Waals surface area contributed by atoms with Crippen molar-refractivity contribution in [2.45, 2.75) is 19.1 Å². The van der Waals surface area contributed by atoms with Crippen LogP contribution in [0.15, 0.2) is 28.7 Å². The third-order valence-electron chi connectivity index (χ3n) is 2.29. The first kappa shape index (κ1) is 12.6. The fraction of sp³-hybridized carbons (Fsp3) is 0.273. The van der Waals surface area contributed by atoms with Crippen LogP contribution in [-0.4, -0.2) is 10.2 Å². The van der Waals surface area contributed by atoms with Crippen molar-refractivity contribution >= 4 is 0 Å². The quantitative estimate of drug-likeness (QED) is 0.898. The molecule has 0 aliphatic carbocycles. The predicted molar refractivity (Wildman–Crippen MR) is 57.3 cm³/mol. The van der Waals surface area contributed by atoms with E-state index in [-0.39, 0.29) is 11.8 Å². The van der Waals surface area contributed by atoms with Gasteiger partial charge in [0.2, 0.25) is 11.8 Å². The van der Waals surface area contributed by atoms with Crippen LogP contribution in [0, 0.1) is 0 Å². The van der Waals surface area contributed by atoms with Gasteiger partial charge in [-0.2, -0.15) is 13.2 Å². The largest absolute Gasteiger partial charge is 0.419 e. The average molecular weight is 257 g/mol. The van der Waals surface area contributed by atoms with E-state index in [1.807, 2.05) is 0 Å². The maximum atomic E-state index is 12.4. The number of nitrogens with two attached hydrogens (primary N) is 1. The second-order valence-electron chi connectivity index (χ2n) is 3.81. The summed E-state index contributed by atoms with van der Waals surface area (Å²) >= 11 is 0. The second kappa shape index (κ2) is 4.41. The number of benzene rings is 1. The van der Waals surface area contributed by atoms with Crippen molar-refractivity contribution in [2.75, 3.05) is 0 Å². The molecular formula is C11H10F3N3O. The predicted octanol–water partition coefficient (Wildman–Crippen LogP) is 2.78. The first-order valence-corrected chi connectivity index (χ1v) is 5.14. The van der Waals surface area contributed by atoms with Gasteiger partial charge in [-0.25, -0.2) is 0 Å². The SMILES string of the molecule is CC(N)c1nnc(-c2ccc(C(F)(F)F)cc2)o1. The molecule has 4 nitrogen and oxygen atoms in total. The summed E-state index contributed by atoms with van der Waals surface area (Å²) in [6.45, 7) is 1.67. The van der Waals surface area contributed by atoms with Crippen LogP contribution in [0.5, 0.6) is 0 Å². The fourth-order valence-corrected chi connectivity index (χ4v) is 1.34. The Hall–Kier alpha value is -1.89. The zero-order valence-corrected chi connectivity index (χ0v) is 9.40. The van der Waals surface area contributed by atoms with Gasteiger partial charge in [0.05, 0.1) is 11.6 Å². The van der Waals surface area contributed by atoms with E-state index < -0.39 is 17.8 Å². The summed E-state index contributed by atoms with van der Waals surface area (Å²) in [5, 5.41) is 7.42. The van der Waals surface area contributed by atoms with Crippen molar-refractivity contribution in [1.82, 2.24) is 10.2 Å². The Morgan fingerprint density at radius 1 is 1.17 bits per heavy atom. The molecule has 2 rings (SSSR count). The molecule has 0 saturated carbocycles. The molecule has 0 radical (unpaired) electrons. The molecular weight excluding hydrogens is 247 g/mol. The lowest BCUT2D eigenvalue weighted by molar-refractivity contribution is -0.137. The summed E-state index contributed by atoms with van der Waals surface area (Å²) in [5.74, 6) is 0.390. The molecule has 0 aliphatic rings. The van der Waals surface area contributed by atoms with Crippen LogP contribution in [-0.2, 0) is 6.18 Å². The van der Waals surface area contributed by atoms with Gasteiger partial charge in [0.25, 0.3) is 0 Å². The number of rotatable bonds is 2. The van der Waals surface area contributed by atoms with Crippen LogP contribution in [0.2, 0.25) is 0 Å². The monoisotopic (exact) mass is 257 g/mol. The summed E-state index contributed by atoms with van der Waals surface area (Å²) in [6, 6.07) is 4.07. The van der Waals surface area contributed by atoms with Gasteiger partial charge in [-0.05, 0) is 31.2 Å². The van der Waals surface area contributed by atoms with E-state index in [0.717, 1.165) is 12.1 Å². The number of alkyl halides is 3. The summed E-state index contributed by atoms with van der Waals surface area (Å²) < 4.78 is 42.3. The van der Waals surface area contributed by atoms with Gasteiger partial charge in [-0.15, -0.1) is 10.2 Å². The maximum Gasteiger partial charge on any atom is 0.416 e. The molecule has 2 aromatic rings. The van der Waals surface area contributed by atoms with Crippen molar-refractivity contribution in [3.05, 3.63) is 35.7 Å². The summed E-state index contributed by atoms with van der Waals surface area (Å²) in [4.78, 5) is 0. The second-order valence-corrected chi connectivity index (χ2v) is 3.81. The van der Waals surface area contributed by atoms with Crippen molar-refractivity contribution in [3.8, 4) is 11.5 Å². The van der Waals surface area contributed by atoms with Crippen LogP contribution in [0.3, 0.4) is 0 Å². The Bertz CT molecular complexity index is 531. The van der Waals surface area contributed by atoms with Crippen molar-refractivity contribution in [1.29, 1.82) is 0 Å². The van der Waals surface area contributed by atoms with Crippen LogP contribution in [0.1, 0.15) is 24.4 Å². The Morgan fingerprint density at radius 3 is 2.22 bits per heavy atom. The number of hydrogen-bond donors (Lipinski definition) is 1. The highest BCUT2D eigenvalue weighted by Gasteiger charge is 2.30. The average Bonchev–Trinajstić information content (AvgIpc) is 2.77. The minimum absolute atomic E-state index is 0.149. The molecule has 96 valence electrons. The van der Waals surface area contributed by atoms with Crippen LogP contribution in [0.4, 0.5) is 13.2 Å². The molecule has 0 aliphatic heterocycles. The molecule has 0 amide bonds. The van der Waals surface area contributed by atoms with E-state index in [9.17, 15) is 13.2 Å². The topological polar surface area (TPSA) is 64.9 Å². The highest BCUT2D eigenvalue weighted by molar-refractivity contribution is 5.53. The van der Waals surface area contributed by atoms with Crippen LogP contribution < -0.4 is 5.73 Å². The van der Waals surface area contributed by atoms with Gasteiger partial charge >= 0.3 is 6.18 Å². The molecule has 1 aromatic heterocycles. The van der Waals surface area contributed by atoms with Crippen molar-refractivity contribution < 1.29 is 17.6 Å². The lowest BCUT2D eigenvalue weighted by Gasteiger charge is -2.05. The third-order valence-corrected chi connectivity index (χ3v) is 2.29. The van der Waals surface area contributed by atoms with Gasteiger partial charge < -0.3 is 10.2 Å². The number of hydrogen-bond acceptors (Lipinski definition) is 4. The summed E-state index contributed by atoms with van der Waals surface area (Å²) in [6.07, 6.45) is -4.36. The first-order chi connectivity index (χ1) is 8.38. The minimum atomic E-state index is -4.36. The lowest BCUT2D eigenvalue weighted by Crippen LogP contribution is -2.04. The molecule has 1 aromatic carbocycles. The molecule has 0 bridgehead atoms. The maximum absolute atomic E-state index is 12.4. The molecule has 0 saturated heterocycles. The zero-order valence-electron chi connectivity index (χ0n) is 9.40. The highest BCUT2D eigenvalue weighted by Crippen LogP contribution is 2.30. The van der Waals surface area contributed by atoms with Crippen molar-refractivity contribution in [2.24, 2.45) is 5.73 Å². The van der Waals surface area contributed by atoms with Gasteiger partial charge in [0.15, 0.2) is 0 Å². The Labute approximate surface area is 101 Å². The van der Waals surface area contributed by atoms with Crippen LogP contribution >= 0.6 is 0 Å². The van der Waals surface area contributed by atoms with E-state index in [1.165, 1.54) is 12.1 Å². The summed E-state index contributed by atoms with van der Waals surface area (Å²) in [7, 11) is 0. The van der Waals surface area contributed by atoms with E-state index >= 15 is 0 Å². The van der Waals surface area contributed by atoms with E-state index in [2.05, 4.69) is 10.2 Å². The summed E-state index contributed by atoms with van der Waals surface area (Å²) in [5.41, 5.74) is 5.24. The molecule has 1 unspecified atom stereocenters. The molecule has 1 heterocycles. The van der Waals surface area contributed by atoms with E-state index in [1.54, 1.807) is 6.92 Å². The number of aromatic nitrogens is 2. The third kappa shape index (κ3) is 2.51. The standard InChI is InChI=1S/C11H10F3N3O/c1-6(15)9-16-17-10(18-9)7-2-4-8(5-3-7)11(12,13)14/h2-6H,15H2,1H3. The normalized spacial score (nSPS) is 13.6. The smallest absolute Gasteiger partial charge is 0.416 e. The Kier molecular flexibility index (Phi) is 3.08. The molecule has 0 fully saturated rings. The Balaban J connectivity index is 2.29. The highest BCUT2D eigenvalue weighted by atomic mass is 19.4. The molecule has 18 heavy (non-hydrogen) atoms. The van der Waals surface area contributed by atoms with Gasteiger partial charge in [0.1, 0.15) is 0 Å². The van der Waals surface area contributed by atoms with E-state index in [4.69, 9.17) is 10.2 Å². The first-order valence-electron chi connectivity index (χ1n) is 5.14. The van der Waals surface area contributed by atoms with Gasteiger partial charge in [-0.3, -0.25) is 0 Å². The molecule has 0 spiro atoms. The van der Waals surface area contributed by atoms with Gasteiger partial charge in [-0.1, -0.05) is 0 Å². The Morgan fingerprint density at radius 2 is 1.78 bits per heavy atom. The molecule has 7 heteroatoms.